The van der Waals surface area contributed by atoms with E-state index in [0.29, 0.717) is 24.2 Å². The highest BCUT2D eigenvalue weighted by Crippen LogP contribution is 2.19. The molecule has 0 radical (unpaired) electrons. The van der Waals surface area contributed by atoms with Crippen molar-refractivity contribution in [1.82, 2.24) is 20.8 Å². The molecule has 8 heteroatoms. The molecule has 1 aromatic rings. The van der Waals surface area contributed by atoms with Crippen LogP contribution >= 0.6 is 24.0 Å². The van der Waals surface area contributed by atoms with Gasteiger partial charge in [0.15, 0.2) is 11.8 Å². The number of hydrogen-bond donors (Lipinski definition) is 2. The summed E-state index contributed by atoms with van der Waals surface area (Å²) in [5.74, 6) is 1.97. The summed E-state index contributed by atoms with van der Waals surface area (Å²) in [6.07, 6.45) is 0.924. The fourth-order valence-electron chi connectivity index (χ4n) is 1.44. The summed E-state index contributed by atoms with van der Waals surface area (Å²) in [6, 6.07) is 0. The van der Waals surface area contributed by atoms with E-state index in [1.165, 1.54) is 0 Å². The lowest BCUT2D eigenvalue weighted by Crippen LogP contribution is -2.37. The van der Waals surface area contributed by atoms with Crippen LogP contribution < -0.4 is 10.6 Å². The highest BCUT2D eigenvalue weighted by molar-refractivity contribution is 14.0. The van der Waals surface area contributed by atoms with Gasteiger partial charge in [0.25, 0.3) is 0 Å². The van der Waals surface area contributed by atoms with E-state index in [1.54, 1.807) is 14.2 Å². The Morgan fingerprint density at radius 2 is 2.05 bits per heavy atom. The first kappa shape index (κ1) is 20.1. The van der Waals surface area contributed by atoms with Crippen LogP contribution in [0.4, 0.5) is 0 Å². The topological polar surface area (TPSA) is 84.6 Å². The average Bonchev–Trinajstić information content (AvgIpc) is 2.87. The number of methoxy groups -OCH3 is 1. The van der Waals surface area contributed by atoms with Crippen molar-refractivity contribution in [2.75, 3.05) is 27.3 Å². The predicted octanol–water partition coefficient (Wildman–Crippen LogP) is 1.69. The second-order valence-corrected chi connectivity index (χ2v) is 5.46. The molecule has 0 atom stereocenters. The van der Waals surface area contributed by atoms with E-state index >= 15 is 0 Å². The molecule has 2 N–H and O–H groups in total. The number of halogens is 1. The summed E-state index contributed by atoms with van der Waals surface area (Å²) in [7, 11) is 3.42. The van der Waals surface area contributed by atoms with Crippen LogP contribution in [0.3, 0.4) is 0 Å². The fraction of sp³-hybridized carbons (Fsp3) is 0.769. The highest BCUT2D eigenvalue weighted by Gasteiger charge is 2.21. The van der Waals surface area contributed by atoms with Gasteiger partial charge in [-0.05, 0) is 6.42 Å². The van der Waals surface area contributed by atoms with E-state index in [9.17, 15) is 0 Å². The van der Waals surface area contributed by atoms with Crippen molar-refractivity contribution < 1.29 is 9.26 Å². The SMILES string of the molecule is CN=C(NCCCOC)NCc1noc(C(C)(C)C)n1.I. The minimum absolute atomic E-state index is 0. The van der Waals surface area contributed by atoms with E-state index in [4.69, 9.17) is 9.26 Å². The molecule has 0 aliphatic heterocycles. The second-order valence-electron chi connectivity index (χ2n) is 5.46. The number of aliphatic imine (C=N–C) groups is 1. The molecule has 0 fully saturated rings. The van der Waals surface area contributed by atoms with Crippen molar-refractivity contribution in [3.05, 3.63) is 11.7 Å². The lowest BCUT2D eigenvalue weighted by molar-refractivity contribution is 0.195. The number of nitrogens with one attached hydrogen (secondary N) is 2. The average molecular weight is 411 g/mol. The van der Waals surface area contributed by atoms with Gasteiger partial charge in [-0.3, -0.25) is 4.99 Å². The van der Waals surface area contributed by atoms with Crippen molar-refractivity contribution in [3.63, 3.8) is 0 Å². The van der Waals surface area contributed by atoms with Crippen molar-refractivity contribution >= 4 is 29.9 Å². The third-order valence-corrected chi connectivity index (χ3v) is 2.56. The first-order valence-corrected chi connectivity index (χ1v) is 6.74. The molecule has 1 aromatic heterocycles. The molecule has 0 bridgehead atoms. The monoisotopic (exact) mass is 411 g/mol. The Morgan fingerprint density at radius 1 is 1.33 bits per heavy atom. The van der Waals surface area contributed by atoms with Crippen LogP contribution in [0, 0.1) is 0 Å². The quantitative estimate of drug-likeness (QED) is 0.321. The molecule has 1 heterocycles. The molecule has 0 unspecified atom stereocenters. The summed E-state index contributed by atoms with van der Waals surface area (Å²) in [4.78, 5) is 8.48. The van der Waals surface area contributed by atoms with E-state index < -0.39 is 0 Å². The fourth-order valence-corrected chi connectivity index (χ4v) is 1.44. The Kier molecular flexibility index (Phi) is 9.51. The highest BCUT2D eigenvalue weighted by atomic mass is 127. The Bertz CT molecular complexity index is 428. The Labute approximate surface area is 143 Å². The predicted molar refractivity (Wildman–Crippen MR) is 93.1 cm³/mol. The minimum Gasteiger partial charge on any atom is -0.385 e. The summed E-state index contributed by atoms with van der Waals surface area (Å²) in [6.45, 7) is 8.11. The zero-order valence-corrected chi connectivity index (χ0v) is 15.7. The molecule has 0 aliphatic carbocycles. The molecule has 122 valence electrons. The van der Waals surface area contributed by atoms with Gasteiger partial charge >= 0.3 is 0 Å². The molecular weight excluding hydrogens is 385 g/mol. The van der Waals surface area contributed by atoms with Crippen LogP contribution in [0.15, 0.2) is 9.52 Å². The maximum atomic E-state index is 5.23. The molecule has 7 nitrogen and oxygen atoms in total. The van der Waals surface area contributed by atoms with Gasteiger partial charge in [0.1, 0.15) is 0 Å². The number of guanidine groups is 1. The lowest BCUT2D eigenvalue weighted by atomic mass is 9.97. The van der Waals surface area contributed by atoms with Crippen LogP contribution in [0.25, 0.3) is 0 Å². The number of hydrogen-bond acceptors (Lipinski definition) is 5. The molecular formula is C13H26IN5O2. The van der Waals surface area contributed by atoms with Crippen LogP contribution in [0.5, 0.6) is 0 Å². The summed E-state index contributed by atoms with van der Waals surface area (Å²) in [5, 5.41) is 10.3. The third-order valence-electron chi connectivity index (χ3n) is 2.56. The Hall–Kier alpha value is -0.900. The van der Waals surface area contributed by atoms with E-state index in [0.717, 1.165) is 19.6 Å². The van der Waals surface area contributed by atoms with Crippen LogP contribution in [-0.4, -0.2) is 43.4 Å². The van der Waals surface area contributed by atoms with Crippen LogP contribution in [-0.2, 0) is 16.7 Å². The second kappa shape index (κ2) is 9.93. The smallest absolute Gasteiger partial charge is 0.232 e. The minimum atomic E-state index is -0.134. The van der Waals surface area contributed by atoms with Gasteiger partial charge in [-0.2, -0.15) is 4.98 Å². The van der Waals surface area contributed by atoms with Gasteiger partial charge in [0.2, 0.25) is 5.89 Å². The molecule has 0 saturated carbocycles. The molecule has 0 saturated heterocycles. The Morgan fingerprint density at radius 3 is 2.57 bits per heavy atom. The zero-order valence-electron chi connectivity index (χ0n) is 13.4. The van der Waals surface area contributed by atoms with Crippen molar-refractivity contribution in [3.8, 4) is 0 Å². The lowest BCUT2D eigenvalue weighted by Gasteiger charge is -2.11. The van der Waals surface area contributed by atoms with Crippen molar-refractivity contribution in [2.24, 2.45) is 4.99 Å². The van der Waals surface area contributed by atoms with E-state index in [1.807, 2.05) is 20.8 Å². The first-order chi connectivity index (χ1) is 9.47. The molecule has 1 rings (SSSR count). The van der Waals surface area contributed by atoms with Crippen LogP contribution in [0.1, 0.15) is 38.9 Å². The van der Waals surface area contributed by atoms with Gasteiger partial charge in [-0.15, -0.1) is 24.0 Å². The number of ether oxygens (including phenoxy) is 1. The maximum absolute atomic E-state index is 5.23. The summed E-state index contributed by atoms with van der Waals surface area (Å²) < 4.78 is 10.2. The number of nitrogens with zero attached hydrogens (tertiary/aromatic N) is 3. The summed E-state index contributed by atoms with van der Waals surface area (Å²) in [5.41, 5.74) is -0.134. The molecule has 0 spiro atoms. The van der Waals surface area contributed by atoms with Gasteiger partial charge < -0.3 is 19.9 Å². The van der Waals surface area contributed by atoms with Crippen molar-refractivity contribution in [1.29, 1.82) is 0 Å². The normalized spacial score (nSPS) is 12.0. The van der Waals surface area contributed by atoms with Gasteiger partial charge in [-0.25, -0.2) is 0 Å². The van der Waals surface area contributed by atoms with E-state index in [-0.39, 0.29) is 29.4 Å². The zero-order chi connectivity index (χ0) is 15.0. The Balaban J connectivity index is 0.00000400. The standard InChI is InChI=1S/C13H25N5O2.HI/c1-13(2,3)11-17-10(18-20-11)9-16-12(14-4)15-7-6-8-19-5;/h6-9H2,1-5H3,(H2,14,15,16);1H. The molecule has 0 aromatic carbocycles. The summed E-state index contributed by atoms with van der Waals surface area (Å²) >= 11 is 0. The maximum Gasteiger partial charge on any atom is 0.232 e. The largest absolute Gasteiger partial charge is 0.385 e. The van der Waals surface area contributed by atoms with Gasteiger partial charge in [-0.1, -0.05) is 25.9 Å². The first-order valence-electron chi connectivity index (χ1n) is 6.74. The molecule has 0 amide bonds. The van der Waals surface area contributed by atoms with E-state index in [2.05, 4.69) is 25.8 Å². The number of rotatable bonds is 6. The number of aromatic nitrogens is 2. The third kappa shape index (κ3) is 7.60. The molecule has 21 heavy (non-hydrogen) atoms. The van der Waals surface area contributed by atoms with Crippen LogP contribution in [0.2, 0.25) is 0 Å². The van der Waals surface area contributed by atoms with Gasteiger partial charge in [0.05, 0.1) is 6.54 Å². The van der Waals surface area contributed by atoms with Crippen molar-refractivity contribution in [2.45, 2.75) is 39.2 Å². The van der Waals surface area contributed by atoms with Gasteiger partial charge in [0, 0.05) is 32.7 Å². The molecule has 0 aliphatic rings.